The summed E-state index contributed by atoms with van der Waals surface area (Å²) in [6.45, 7) is 3.40. The van der Waals surface area contributed by atoms with Gasteiger partial charge in [0.2, 0.25) is 5.95 Å². The van der Waals surface area contributed by atoms with Crippen molar-refractivity contribution in [3.63, 3.8) is 0 Å². The van der Waals surface area contributed by atoms with Gasteiger partial charge in [0.15, 0.2) is 0 Å². The van der Waals surface area contributed by atoms with Crippen molar-refractivity contribution in [3.05, 3.63) is 70.9 Å². The SMILES string of the molecule is CCC(CC)(c1ccc(Nc2ncc(C(F)(F)F)c(Nc3ccc(C4CCC(O)CC4)cc3C(=O)N(C)C)n2)cc1)P(=O)(O)O. The van der Waals surface area contributed by atoms with Crippen LogP contribution in [0.3, 0.4) is 0 Å². The lowest BCUT2D eigenvalue weighted by Crippen LogP contribution is -2.24. The van der Waals surface area contributed by atoms with Crippen LogP contribution in [0.4, 0.5) is 36.3 Å². The van der Waals surface area contributed by atoms with Gasteiger partial charge in [0, 0.05) is 26.0 Å². The number of carbonyl (C=O) groups excluding carboxylic acids is 1. The summed E-state index contributed by atoms with van der Waals surface area (Å²) in [5.41, 5.74) is 0.890. The van der Waals surface area contributed by atoms with Crippen LogP contribution in [0, 0.1) is 0 Å². The van der Waals surface area contributed by atoms with E-state index in [1.807, 2.05) is 0 Å². The summed E-state index contributed by atoms with van der Waals surface area (Å²) in [5.74, 6) is -1.01. The zero-order valence-corrected chi connectivity index (χ0v) is 26.5. The van der Waals surface area contributed by atoms with Gasteiger partial charge in [-0.2, -0.15) is 18.2 Å². The number of nitrogens with zero attached hydrogens (tertiary/aromatic N) is 3. The molecular formula is C31H39F3N5O5P. The van der Waals surface area contributed by atoms with Crippen molar-refractivity contribution in [2.45, 2.75) is 75.7 Å². The molecule has 244 valence electrons. The van der Waals surface area contributed by atoms with Crippen molar-refractivity contribution in [2.24, 2.45) is 0 Å². The van der Waals surface area contributed by atoms with Gasteiger partial charge in [-0.15, -0.1) is 0 Å². The van der Waals surface area contributed by atoms with Crippen molar-refractivity contribution < 1.29 is 37.4 Å². The molecule has 0 spiro atoms. The minimum absolute atomic E-state index is 0.115. The molecule has 1 amide bonds. The number of anilines is 4. The van der Waals surface area contributed by atoms with Crippen LogP contribution in [0.2, 0.25) is 0 Å². The molecule has 1 aliphatic rings. The molecule has 14 heteroatoms. The first-order chi connectivity index (χ1) is 21.1. The van der Waals surface area contributed by atoms with Gasteiger partial charge in [-0.3, -0.25) is 9.36 Å². The molecule has 0 atom stereocenters. The summed E-state index contributed by atoms with van der Waals surface area (Å²) in [7, 11) is -1.39. The maximum absolute atomic E-state index is 14.1. The zero-order chi connectivity index (χ0) is 33.2. The van der Waals surface area contributed by atoms with Crippen LogP contribution >= 0.6 is 7.60 Å². The normalized spacial score (nSPS) is 17.6. The van der Waals surface area contributed by atoms with Gasteiger partial charge in [-0.25, -0.2) is 4.98 Å². The number of aliphatic hydroxyl groups excluding tert-OH is 1. The fourth-order valence-corrected chi connectivity index (χ4v) is 7.16. The molecule has 0 bridgehead atoms. The van der Waals surface area contributed by atoms with Gasteiger partial charge >= 0.3 is 13.8 Å². The second-order valence-corrected chi connectivity index (χ2v) is 13.5. The van der Waals surface area contributed by atoms with Crippen molar-refractivity contribution in [1.29, 1.82) is 0 Å². The molecule has 1 aliphatic carbocycles. The molecule has 4 rings (SSSR count). The smallest absolute Gasteiger partial charge is 0.393 e. The van der Waals surface area contributed by atoms with E-state index in [1.165, 1.54) is 4.90 Å². The summed E-state index contributed by atoms with van der Waals surface area (Å²) in [4.78, 5) is 42.6. The molecule has 0 radical (unpaired) electrons. The highest BCUT2D eigenvalue weighted by Crippen LogP contribution is 2.61. The Hall–Kier alpha value is -3.51. The topological polar surface area (TPSA) is 148 Å². The summed E-state index contributed by atoms with van der Waals surface area (Å²) in [6, 6.07) is 11.3. The quantitative estimate of drug-likeness (QED) is 0.148. The summed E-state index contributed by atoms with van der Waals surface area (Å²) in [6.07, 6.45) is -1.35. The number of aromatic nitrogens is 2. The molecule has 0 aliphatic heterocycles. The Labute approximate surface area is 260 Å². The maximum Gasteiger partial charge on any atom is 0.421 e. The molecule has 3 aromatic rings. The number of aliphatic hydroxyl groups is 1. The van der Waals surface area contributed by atoms with Gasteiger partial charge < -0.3 is 30.4 Å². The molecule has 1 fully saturated rings. The average molecular weight is 650 g/mol. The molecular weight excluding hydrogens is 610 g/mol. The summed E-state index contributed by atoms with van der Waals surface area (Å²) in [5, 5.41) is 14.1. The Morgan fingerprint density at radius 2 is 1.62 bits per heavy atom. The fraction of sp³-hybridized carbons (Fsp3) is 0.452. The van der Waals surface area contributed by atoms with E-state index in [4.69, 9.17) is 0 Å². The van der Waals surface area contributed by atoms with Crippen LogP contribution in [0.15, 0.2) is 48.7 Å². The molecule has 45 heavy (non-hydrogen) atoms. The third kappa shape index (κ3) is 7.49. The number of rotatable bonds is 10. The minimum Gasteiger partial charge on any atom is -0.393 e. The van der Waals surface area contributed by atoms with Gasteiger partial charge in [-0.1, -0.05) is 32.0 Å². The van der Waals surface area contributed by atoms with Gasteiger partial charge in [0.05, 0.1) is 22.5 Å². The van der Waals surface area contributed by atoms with E-state index in [1.54, 1.807) is 70.4 Å². The minimum atomic E-state index is -4.80. The predicted molar refractivity (Wildman–Crippen MR) is 166 cm³/mol. The number of alkyl halides is 3. The lowest BCUT2D eigenvalue weighted by Gasteiger charge is -2.33. The highest BCUT2D eigenvalue weighted by Gasteiger charge is 2.45. The molecule has 0 saturated heterocycles. The van der Waals surface area contributed by atoms with Gasteiger partial charge in [0.1, 0.15) is 11.4 Å². The third-order valence-corrected chi connectivity index (χ3v) is 10.6. The van der Waals surface area contributed by atoms with Crippen LogP contribution in [0.1, 0.15) is 85.3 Å². The van der Waals surface area contributed by atoms with Crippen LogP contribution in [-0.4, -0.2) is 55.9 Å². The first-order valence-electron chi connectivity index (χ1n) is 14.8. The standard InChI is InChI=1S/C31H39F3N5O5P/c1-5-30(6-2,45(42,43)44)21-10-12-22(13-11-21)36-29-35-18-25(31(32,33)34)27(38-29)37-26-16-9-20(17-24(26)28(41)39(3)4)19-7-14-23(40)15-8-19/h9-13,16-19,23,40H,5-8,14-15H2,1-4H3,(H2,42,43,44)(H2,35,36,37,38). The Morgan fingerprint density at radius 1 is 1.00 bits per heavy atom. The molecule has 1 aromatic heterocycles. The van der Waals surface area contributed by atoms with Crippen LogP contribution in [-0.2, 0) is 15.9 Å². The Balaban J connectivity index is 1.68. The molecule has 0 unspecified atom stereocenters. The predicted octanol–water partition coefficient (Wildman–Crippen LogP) is 6.90. The van der Waals surface area contributed by atoms with Crippen molar-refractivity contribution in [2.75, 3.05) is 24.7 Å². The highest BCUT2D eigenvalue weighted by atomic mass is 31.2. The van der Waals surface area contributed by atoms with E-state index in [9.17, 15) is 37.4 Å². The Bertz CT molecular complexity index is 1550. The van der Waals surface area contributed by atoms with E-state index in [0.717, 1.165) is 18.4 Å². The molecule has 1 saturated carbocycles. The molecule has 10 nitrogen and oxygen atoms in total. The van der Waals surface area contributed by atoms with Crippen molar-refractivity contribution in [3.8, 4) is 0 Å². The van der Waals surface area contributed by atoms with E-state index in [2.05, 4.69) is 20.6 Å². The highest BCUT2D eigenvalue weighted by molar-refractivity contribution is 7.53. The maximum atomic E-state index is 14.1. The van der Waals surface area contributed by atoms with Crippen LogP contribution in [0.5, 0.6) is 0 Å². The average Bonchev–Trinajstić information content (AvgIpc) is 2.98. The number of amides is 1. The number of halogens is 3. The van der Waals surface area contributed by atoms with Crippen molar-refractivity contribution in [1.82, 2.24) is 14.9 Å². The lowest BCUT2D eigenvalue weighted by molar-refractivity contribution is -0.137. The second-order valence-electron chi connectivity index (χ2n) is 11.6. The van der Waals surface area contributed by atoms with Gasteiger partial charge in [-0.05, 0) is 79.8 Å². The number of hydrogen-bond acceptors (Lipinski definition) is 7. The fourth-order valence-electron chi connectivity index (χ4n) is 5.86. The van der Waals surface area contributed by atoms with Crippen LogP contribution in [0.25, 0.3) is 0 Å². The van der Waals surface area contributed by atoms with E-state index in [-0.39, 0.29) is 42.1 Å². The third-order valence-electron chi connectivity index (χ3n) is 8.60. The number of hydrogen-bond donors (Lipinski definition) is 5. The summed E-state index contributed by atoms with van der Waals surface area (Å²) < 4.78 is 54.5. The molecule has 2 aromatic carbocycles. The van der Waals surface area contributed by atoms with Crippen LogP contribution < -0.4 is 10.6 Å². The van der Waals surface area contributed by atoms with Crippen molar-refractivity contribution >= 4 is 36.6 Å². The summed E-state index contributed by atoms with van der Waals surface area (Å²) >= 11 is 0. The number of carbonyl (C=O) groups is 1. The largest absolute Gasteiger partial charge is 0.421 e. The number of benzene rings is 2. The van der Waals surface area contributed by atoms with E-state index >= 15 is 0 Å². The van der Waals surface area contributed by atoms with Gasteiger partial charge in [0.25, 0.3) is 5.91 Å². The Kier molecular flexibility index (Phi) is 10.3. The first-order valence-corrected chi connectivity index (χ1v) is 16.4. The lowest BCUT2D eigenvalue weighted by atomic mass is 9.82. The zero-order valence-electron chi connectivity index (χ0n) is 25.6. The van der Waals surface area contributed by atoms with E-state index < -0.39 is 36.2 Å². The van der Waals surface area contributed by atoms with E-state index in [0.29, 0.717) is 30.3 Å². The second kappa shape index (κ2) is 13.5. The Morgan fingerprint density at radius 3 is 2.16 bits per heavy atom. The molecule has 5 N–H and O–H groups in total. The molecule has 1 heterocycles. The monoisotopic (exact) mass is 649 g/mol. The number of nitrogens with one attached hydrogen (secondary N) is 2. The first kappa shape index (κ1) is 34.4.